The van der Waals surface area contributed by atoms with E-state index < -0.39 is 0 Å². The summed E-state index contributed by atoms with van der Waals surface area (Å²) in [6.45, 7) is 6.16. The molecule has 0 unspecified atom stereocenters. The molecule has 0 atom stereocenters. The lowest BCUT2D eigenvalue weighted by Gasteiger charge is -2.43. The number of anilines is 2. The fourth-order valence-electron chi connectivity index (χ4n) is 6.01. The minimum atomic E-state index is 0.302. The van der Waals surface area contributed by atoms with Crippen molar-refractivity contribution in [3.8, 4) is 0 Å². The SMILES string of the molecule is CCN1c2cccc3c2B(c2ccccc2S3)c2cccc(C3(C)CCCC3)c21. The summed E-state index contributed by atoms with van der Waals surface area (Å²) in [5.74, 6) is 0. The van der Waals surface area contributed by atoms with Crippen LogP contribution >= 0.6 is 11.8 Å². The first kappa shape index (κ1) is 17.7. The van der Waals surface area contributed by atoms with E-state index in [4.69, 9.17) is 0 Å². The average molecular weight is 395 g/mol. The van der Waals surface area contributed by atoms with Crippen LogP contribution in [0.1, 0.15) is 45.1 Å². The van der Waals surface area contributed by atoms with E-state index in [1.807, 2.05) is 11.8 Å². The van der Waals surface area contributed by atoms with Crippen LogP contribution < -0.4 is 21.3 Å². The van der Waals surface area contributed by atoms with Gasteiger partial charge in [0.05, 0.1) is 0 Å². The van der Waals surface area contributed by atoms with E-state index in [2.05, 4.69) is 79.4 Å². The molecule has 3 heteroatoms. The van der Waals surface area contributed by atoms with Crippen molar-refractivity contribution >= 4 is 46.2 Å². The Kier molecular flexibility index (Phi) is 3.93. The van der Waals surface area contributed by atoms with Crippen molar-refractivity contribution in [1.29, 1.82) is 0 Å². The number of hydrogen-bond acceptors (Lipinski definition) is 2. The third-order valence-corrected chi connectivity index (χ3v) is 8.56. The molecule has 0 spiro atoms. The minimum Gasteiger partial charge on any atom is -0.342 e. The maximum Gasteiger partial charge on any atom is 0.249 e. The lowest BCUT2D eigenvalue weighted by Crippen LogP contribution is -2.60. The lowest BCUT2D eigenvalue weighted by atomic mass is 9.34. The monoisotopic (exact) mass is 395 g/mol. The van der Waals surface area contributed by atoms with Gasteiger partial charge < -0.3 is 4.90 Å². The van der Waals surface area contributed by atoms with E-state index in [1.165, 1.54) is 63.2 Å². The summed E-state index contributed by atoms with van der Waals surface area (Å²) in [5.41, 5.74) is 9.28. The molecule has 2 aliphatic heterocycles. The van der Waals surface area contributed by atoms with Crippen LogP contribution in [0.15, 0.2) is 70.5 Å². The molecule has 144 valence electrons. The number of nitrogens with zero attached hydrogens (tertiary/aromatic N) is 1. The highest BCUT2D eigenvalue weighted by Gasteiger charge is 2.43. The van der Waals surface area contributed by atoms with Crippen LogP contribution in [0.5, 0.6) is 0 Å². The minimum absolute atomic E-state index is 0.302. The molecular formula is C26H26BNS. The standard InChI is InChI=1S/C26H26BNS/c1-3-28-21-13-9-15-23-24(21)27(19-11-4-5-14-22(19)29-23)20-12-8-10-18(25(20)28)26(2)16-6-7-17-26/h4-5,8-15H,3,6-7,16-17H2,1-2H3. The number of benzene rings is 3. The van der Waals surface area contributed by atoms with Gasteiger partial charge >= 0.3 is 0 Å². The van der Waals surface area contributed by atoms with E-state index in [9.17, 15) is 0 Å². The second-order valence-electron chi connectivity index (χ2n) is 9.02. The van der Waals surface area contributed by atoms with Gasteiger partial charge in [-0.15, -0.1) is 0 Å². The summed E-state index contributed by atoms with van der Waals surface area (Å²) in [5, 5.41) is 0. The average Bonchev–Trinajstić information content (AvgIpc) is 3.20. The maximum atomic E-state index is 2.61. The van der Waals surface area contributed by atoms with Crippen molar-refractivity contribution in [2.24, 2.45) is 0 Å². The Morgan fingerprint density at radius 2 is 1.62 bits per heavy atom. The molecule has 0 N–H and O–H groups in total. The van der Waals surface area contributed by atoms with Gasteiger partial charge in [0, 0.05) is 27.7 Å². The van der Waals surface area contributed by atoms with Gasteiger partial charge in [-0.05, 0) is 59.9 Å². The van der Waals surface area contributed by atoms with Crippen molar-refractivity contribution in [2.45, 2.75) is 54.7 Å². The van der Waals surface area contributed by atoms with Crippen LogP contribution in [0.4, 0.5) is 11.4 Å². The van der Waals surface area contributed by atoms with Gasteiger partial charge in [-0.2, -0.15) is 0 Å². The van der Waals surface area contributed by atoms with E-state index in [0.29, 0.717) is 12.1 Å². The smallest absolute Gasteiger partial charge is 0.249 e. The second-order valence-corrected chi connectivity index (χ2v) is 10.1. The molecule has 2 heterocycles. The van der Waals surface area contributed by atoms with Gasteiger partial charge in [-0.25, -0.2) is 0 Å². The largest absolute Gasteiger partial charge is 0.342 e. The van der Waals surface area contributed by atoms with Gasteiger partial charge in [0.1, 0.15) is 0 Å². The summed E-state index contributed by atoms with van der Waals surface area (Å²) >= 11 is 1.94. The van der Waals surface area contributed by atoms with Crippen molar-refractivity contribution in [2.75, 3.05) is 11.4 Å². The zero-order valence-electron chi connectivity index (χ0n) is 17.2. The van der Waals surface area contributed by atoms with Crippen LogP contribution in [0.25, 0.3) is 0 Å². The Morgan fingerprint density at radius 3 is 2.45 bits per heavy atom. The zero-order valence-corrected chi connectivity index (χ0v) is 18.1. The van der Waals surface area contributed by atoms with Crippen LogP contribution in [-0.2, 0) is 5.41 Å². The van der Waals surface area contributed by atoms with Crippen LogP contribution in [-0.4, -0.2) is 13.3 Å². The topological polar surface area (TPSA) is 3.24 Å². The van der Waals surface area contributed by atoms with E-state index in [0.717, 1.165) is 6.54 Å². The molecule has 3 aliphatic rings. The van der Waals surface area contributed by atoms with Crippen molar-refractivity contribution in [3.63, 3.8) is 0 Å². The molecular weight excluding hydrogens is 369 g/mol. The van der Waals surface area contributed by atoms with Crippen LogP contribution in [0, 0.1) is 0 Å². The Balaban J connectivity index is 1.68. The fraction of sp³-hybridized carbons (Fsp3) is 0.308. The Bertz CT molecular complexity index is 1120. The molecule has 1 fully saturated rings. The molecule has 29 heavy (non-hydrogen) atoms. The van der Waals surface area contributed by atoms with Gasteiger partial charge in [0.2, 0.25) is 6.71 Å². The summed E-state index contributed by atoms with van der Waals surface area (Å²) in [4.78, 5) is 5.45. The predicted molar refractivity (Wildman–Crippen MR) is 127 cm³/mol. The van der Waals surface area contributed by atoms with Crippen LogP contribution in [0.2, 0.25) is 0 Å². The summed E-state index contributed by atoms with van der Waals surface area (Å²) < 4.78 is 0. The molecule has 6 rings (SSSR count). The summed E-state index contributed by atoms with van der Waals surface area (Å²) in [6.07, 6.45) is 5.34. The molecule has 3 aromatic carbocycles. The van der Waals surface area contributed by atoms with Crippen molar-refractivity contribution in [1.82, 2.24) is 0 Å². The normalized spacial score (nSPS) is 18.3. The third-order valence-electron chi connectivity index (χ3n) is 7.39. The highest BCUT2D eigenvalue weighted by Crippen LogP contribution is 2.47. The lowest BCUT2D eigenvalue weighted by molar-refractivity contribution is 0.492. The molecule has 0 aromatic heterocycles. The Labute approximate surface area is 178 Å². The van der Waals surface area contributed by atoms with Crippen molar-refractivity contribution < 1.29 is 0 Å². The maximum absolute atomic E-state index is 2.61. The quantitative estimate of drug-likeness (QED) is 0.441. The number of para-hydroxylation sites is 1. The van der Waals surface area contributed by atoms with Crippen LogP contribution in [0.3, 0.4) is 0 Å². The molecule has 0 saturated heterocycles. The van der Waals surface area contributed by atoms with E-state index in [-0.39, 0.29) is 0 Å². The molecule has 1 saturated carbocycles. The highest BCUT2D eigenvalue weighted by molar-refractivity contribution is 8.00. The molecule has 0 amide bonds. The Hall–Kier alpha value is -2.13. The molecule has 3 aromatic rings. The van der Waals surface area contributed by atoms with E-state index in [1.54, 1.807) is 5.56 Å². The number of rotatable bonds is 2. The number of hydrogen-bond donors (Lipinski definition) is 0. The van der Waals surface area contributed by atoms with Gasteiger partial charge in [0.25, 0.3) is 0 Å². The predicted octanol–water partition coefficient (Wildman–Crippen LogP) is 4.97. The summed E-state index contributed by atoms with van der Waals surface area (Å²) in [6, 6.07) is 23.1. The van der Waals surface area contributed by atoms with Gasteiger partial charge in [-0.3, -0.25) is 0 Å². The first-order valence-corrected chi connectivity index (χ1v) is 11.8. The van der Waals surface area contributed by atoms with Crippen molar-refractivity contribution in [3.05, 3.63) is 66.2 Å². The summed E-state index contributed by atoms with van der Waals surface area (Å²) in [7, 11) is 0. The van der Waals surface area contributed by atoms with E-state index >= 15 is 0 Å². The molecule has 1 nitrogen and oxygen atoms in total. The van der Waals surface area contributed by atoms with Gasteiger partial charge in [-0.1, -0.05) is 79.5 Å². The fourth-order valence-corrected chi connectivity index (χ4v) is 7.18. The Morgan fingerprint density at radius 1 is 0.897 bits per heavy atom. The molecule has 0 radical (unpaired) electrons. The highest BCUT2D eigenvalue weighted by atomic mass is 32.2. The third kappa shape index (κ3) is 2.43. The van der Waals surface area contributed by atoms with Gasteiger partial charge in [0.15, 0.2) is 0 Å². The zero-order chi connectivity index (χ0) is 19.6. The number of fused-ring (bicyclic) bond motifs is 4. The molecule has 1 aliphatic carbocycles. The first-order chi connectivity index (χ1) is 14.2. The molecule has 0 bridgehead atoms. The second kappa shape index (κ2) is 6.44. The first-order valence-electron chi connectivity index (χ1n) is 11.0.